The van der Waals surface area contributed by atoms with E-state index in [4.69, 9.17) is 33.7 Å². The van der Waals surface area contributed by atoms with Crippen molar-refractivity contribution in [3.8, 4) is 11.6 Å². The van der Waals surface area contributed by atoms with Crippen molar-refractivity contribution in [1.82, 2.24) is 4.98 Å². The minimum atomic E-state index is -0.627. The second kappa shape index (κ2) is 5.29. The molecule has 0 saturated heterocycles. The van der Waals surface area contributed by atoms with E-state index in [2.05, 4.69) is 4.98 Å². The number of nitro groups is 1. The highest BCUT2D eigenvalue weighted by Crippen LogP contribution is 2.32. The summed E-state index contributed by atoms with van der Waals surface area (Å²) in [5, 5.41) is 11.4. The van der Waals surface area contributed by atoms with Gasteiger partial charge in [-0.3, -0.25) is 10.1 Å². The number of ether oxygens (including phenoxy) is 1. The van der Waals surface area contributed by atoms with Gasteiger partial charge in [-0.1, -0.05) is 23.2 Å². The van der Waals surface area contributed by atoms with Crippen molar-refractivity contribution >= 4 is 34.7 Å². The number of rotatable bonds is 3. The Morgan fingerprint density at radius 3 is 2.63 bits per heavy atom. The van der Waals surface area contributed by atoms with E-state index < -0.39 is 4.92 Å². The number of pyridine rings is 1. The maximum Gasteiger partial charge on any atom is 0.311 e. The molecule has 0 atom stereocenters. The van der Waals surface area contributed by atoms with Gasteiger partial charge in [0.15, 0.2) is 0 Å². The van der Waals surface area contributed by atoms with Crippen LogP contribution in [0, 0.1) is 10.1 Å². The summed E-state index contributed by atoms with van der Waals surface area (Å²) >= 11 is 11.7. The lowest BCUT2D eigenvalue weighted by Crippen LogP contribution is -1.99. The molecule has 2 N–H and O–H groups in total. The van der Waals surface area contributed by atoms with Gasteiger partial charge in [0.25, 0.3) is 0 Å². The van der Waals surface area contributed by atoms with Gasteiger partial charge < -0.3 is 10.5 Å². The summed E-state index contributed by atoms with van der Waals surface area (Å²) in [6.45, 7) is 0. The van der Waals surface area contributed by atoms with Crippen molar-refractivity contribution in [2.45, 2.75) is 0 Å². The first-order valence-corrected chi connectivity index (χ1v) is 5.77. The molecule has 0 unspecified atom stereocenters. The molecule has 6 nitrogen and oxygen atoms in total. The van der Waals surface area contributed by atoms with Crippen LogP contribution in [0.15, 0.2) is 30.3 Å². The minimum absolute atomic E-state index is 0.0901. The average molecular weight is 300 g/mol. The number of nitrogens with zero attached hydrogens (tertiary/aromatic N) is 2. The summed E-state index contributed by atoms with van der Waals surface area (Å²) in [4.78, 5) is 13.7. The number of hydrogen-bond donors (Lipinski definition) is 1. The van der Waals surface area contributed by atoms with Gasteiger partial charge >= 0.3 is 5.69 Å². The van der Waals surface area contributed by atoms with Crippen LogP contribution in [-0.4, -0.2) is 9.91 Å². The molecule has 0 aliphatic heterocycles. The SMILES string of the molecule is Nc1nc(Oc2cc(Cl)ccc2Cl)ccc1[N+](=O)[O-]. The Bertz CT molecular complexity index is 649. The Hall–Kier alpha value is -2.05. The van der Waals surface area contributed by atoms with Crippen LogP contribution < -0.4 is 10.5 Å². The number of nitrogen functional groups attached to an aromatic ring is 1. The summed E-state index contributed by atoms with van der Waals surface area (Å²) < 4.78 is 5.38. The molecule has 1 heterocycles. The standard InChI is InChI=1S/C11H7Cl2N3O3/c12-6-1-2-7(13)9(5-6)19-10-4-3-8(16(17)18)11(14)15-10/h1-5H,(H2,14,15). The number of anilines is 1. The van der Waals surface area contributed by atoms with Crippen LogP contribution in [0.1, 0.15) is 0 Å². The Morgan fingerprint density at radius 1 is 1.26 bits per heavy atom. The average Bonchev–Trinajstić information content (AvgIpc) is 2.33. The zero-order valence-electron chi connectivity index (χ0n) is 9.34. The van der Waals surface area contributed by atoms with Gasteiger partial charge in [0, 0.05) is 23.2 Å². The maximum atomic E-state index is 10.6. The highest BCUT2D eigenvalue weighted by atomic mass is 35.5. The van der Waals surface area contributed by atoms with Crippen LogP contribution >= 0.6 is 23.2 Å². The monoisotopic (exact) mass is 299 g/mol. The van der Waals surface area contributed by atoms with Crippen LogP contribution in [0.25, 0.3) is 0 Å². The van der Waals surface area contributed by atoms with Crippen molar-refractivity contribution in [3.05, 3.63) is 50.5 Å². The van der Waals surface area contributed by atoms with Crippen LogP contribution in [0.3, 0.4) is 0 Å². The lowest BCUT2D eigenvalue weighted by Gasteiger charge is -2.07. The van der Waals surface area contributed by atoms with Gasteiger partial charge in [-0.25, -0.2) is 0 Å². The van der Waals surface area contributed by atoms with E-state index in [1.807, 2.05) is 0 Å². The van der Waals surface area contributed by atoms with E-state index in [0.29, 0.717) is 10.0 Å². The molecule has 2 aromatic rings. The first kappa shape index (κ1) is 13.4. The third kappa shape index (κ3) is 3.04. The molecule has 0 fully saturated rings. The van der Waals surface area contributed by atoms with Crippen molar-refractivity contribution in [3.63, 3.8) is 0 Å². The van der Waals surface area contributed by atoms with Crippen LogP contribution in [0.4, 0.5) is 11.5 Å². The third-order valence-corrected chi connectivity index (χ3v) is 2.73. The van der Waals surface area contributed by atoms with Crippen molar-refractivity contribution < 1.29 is 9.66 Å². The van der Waals surface area contributed by atoms with Crippen molar-refractivity contribution in [2.75, 3.05) is 5.73 Å². The molecule has 1 aromatic carbocycles. The summed E-state index contributed by atoms with van der Waals surface area (Å²) in [6, 6.07) is 7.20. The molecular formula is C11H7Cl2N3O3. The van der Waals surface area contributed by atoms with E-state index in [1.54, 1.807) is 12.1 Å². The van der Waals surface area contributed by atoms with E-state index in [0.717, 1.165) is 0 Å². The minimum Gasteiger partial charge on any atom is -0.437 e. The Morgan fingerprint density at radius 2 is 2.00 bits per heavy atom. The molecule has 0 saturated carbocycles. The van der Waals surface area contributed by atoms with Gasteiger partial charge in [-0.2, -0.15) is 4.98 Å². The quantitative estimate of drug-likeness (QED) is 0.689. The molecule has 0 aliphatic carbocycles. The molecule has 0 amide bonds. The molecule has 0 radical (unpaired) electrons. The van der Waals surface area contributed by atoms with E-state index in [-0.39, 0.29) is 23.1 Å². The molecule has 1 aromatic heterocycles. The summed E-state index contributed by atoms with van der Waals surface area (Å²) in [5.74, 6) is 0.142. The van der Waals surface area contributed by atoms with E-state index in [9.17, 15) is 10.1 Å². The summed E-state index contributed by atoms with van der Waals surface area (Å²) in [5.41, 5.74) is 5.16. The molecule has 98 valence electrons. The number of halogens is 2. The second-order valence-electron chi connectivity index (χ2n) is 3.49. The van der Waals surface area contributed by atoms with Crippen LogP contribution in [0.5, 0.6) is 11.6 Å². The number of benzene rings is 1. The van der Waals surface area contributed by atoms with Crippen LogP contribution in [-0.2, 0) is 0 Å². The van der Waals surface area contributed by atoms with Crippen LogP contribution in [0.2, 0.25) is 10.0 Å². The summed E-state index contributed by atoms with van der Waals surface area (Å²) in [6.07, 6.45) is 0. The molecule has 0 spiro atoms. The Kier molecular flexibility index (Phi) is 3.73. The Balaban J connectivity index is 2.31. The van der Waals surface area contributed by atoms with Gasteiger partial charge in [-0.15, -0.1) is 0 Å². The largest absolute Gasteiger partial charge is 0.437 e. The summed E-state index contributed by atoms with van der Waals surface area (Å²) in [7, 11) is 0. The van der Waals surface area contributed by atoms with Gasteiger partial charge in [0.05, 0.1) is 9.95 Å². The zero-order valence-corrected chi connectivity index (χ0v) is 10.9. The maximum absolute atomic E-state index is 10.6. The molecule has 2 rings (SSSR count). The molecule has 19 heavy (non-hydrogen) atoms. The predicted octanol–water partition coefficient (Wildman–Crippen LogP) is 3.67. The molecule has 0 aliphatic rings. The fraction of sp³-hybridized carbons (Fsp3) is 0. The fourth-order valence-corrected chi connectivity index (χ4v) is 1.65. The van der Waals surface area contributed by atoms with E-state index in [1.165, 1.54) is 18.2 Å². The van der Waals surface area contributed by atoms with Gasteiger partial charge in [0.1, 0.15) is 5.75 Å². The first-order valence-electron chi connectivity index (χ1n) is 5.01. The number of nitrogens with two attached hydrogens (primary N) is 1. The topological polar surface area (TPSA) is 91.3 Å². The van der Waals surface area contributed by atoms with Gasteiger partial charge in [0.2, 0.25) is 11.7 Å². The normalized spacial score (nSPS) is 10.2. The van der Waals surface area contributed by atoms with Crippen molar-refractivity contribution in [2.24, 2.45) is 0 Å². The van der Waals surface area contributed by atoms with Gasteiger partial charge in [-0.05, 0) is 12.1 Å². The highest BCUT2D eigenvalue weighted by molar-refractivity contribution is 6.34. The Labute approximate surface area is 117 Å². The first-order chi connectivity index (χ1) is 8.97. The molecule has 8 heteroatoms. The zero-order chi connectivity index (χ0) is 14.0. The number of aromatic nitrogens is 1. The lowest BCUT2D eigenvalue weighted by atomic mass is 10.3. The highest BCUT2D eigenvalue weighted by Gasteiger charge is 2.14. The fourth-order valence-electron chi connectivity index (χ4n) is 1.33. The predicted molar refractivity (Wildman–Crippen MR) is 71.8 cm³/mol. The smallest absolute Gasteiger partial charge is 0.311 e. The van der Waals surface area contributed by atoms with E-state index >= 15 is 0 Å². The molecular weight excluding hydrogens is 293 g/mol. The lowest BCUT2D eigenvalue weighted by molar-refractivity contribution is -0.384. The van der Waals surface area contributed by atoms with Crippen molar-refractivity contribution in [1.29, 1.82) is 0 Å². The molecule has 0 bridgehead atoms. The third-order valence-electron chi connectivity index (χ3n) is 2.18. The second-order valence-corrected chi connectivity index (χ2v) is 4.33. The number of hydrogen-bond acceptors (Lipinski definition) is 5.